The quantitative estimate of drug-likeness (QED) is 0.800. The standard InChI is InChI=1S/C17H20N2O4S2/c1-23-17(20)13-7-16(24-11-13)25(21,22)19-9-14(8-18)15(10-19)12-5-3-2-4-6-12/h2-7,11,14-15H,8-10,18H2,1H3/t14-,15+/m1/s1. The Kier molecular flexibility index (Phi) is 5.24. The van der Waals surface area contributed by atoms with E-state index in [-0.39, 0.29) is 21.6 Å². The lowest BCUT2D eigenvalue weighted by Crippen LogP contribution is -2.29. The summed E-state index contributed by atoms with van der Waals surface area (Å²) in [5.74, 6) is -0.403. The Bertz CT molecular complexity index is 849. The minimum absolute atomic E-state index is 0.0669. The molecule has 0 radical (unpaired) electrons. The van der Waals surface area contributed by atoms with Crippen molar-refractivity contribution in [3.63, 3.8) is 0 Å². The van der Waals surface area contributed by atoms with E-state index in [9.17, 15) is 13.2 Å². The largest absolute Gasteiger partial charge is 0.465 e. The third kappa shape index (κ3) is 3.48. The van der Waals surface area contributed by atoms with Crippen LogP contribution in [0.5, 0.6) is 0 Å². The first-order valence-corrected chi connectivity index (χ1v) is 10.2. The molecule has 1 aromatic heterocycles. The number of carbonyl (C=O) groups excluding carboxylic acids is 1. The van der Waals surface area contributed by atoms with Gasteiger partial charge in [0.05, 0.1) is 12.7 Å². The van der Waals surface area contributed by atoms with Gasteiger partial charge in [0.25, 0.3) is 10.0 Å². The number of hydrogen-bond acceptors (Lipinski definition) is 6. The molecule has 0 aliphatic carbocycles. The van der Waals surface area contributed by atoms with Crippen LogP contribution in [0.1, 0.15) is 21.8 Å². The van der Waals surface area contributed by atoms with E-state index in [2.05, 4.69) is 4.74 Å². The zero-order valence-electron chi connectivity index (χ0n) is 13.8. The second-order valence-corrected chi connectivity index (χ2v) is 9.06. The molecule has 1 fully saturated rings. The minimum Gasteiger partial charge on any atom is -0.465 e. The van der Waals surface area contributed by atoms with E-state index in [1.165, 1.54) is 22.9 Å². The van der Waals surface area contributed by atoms with E-state index in [4.69, 9.17) is 5.73 Å². The molecule has 2 heterocycles. The van der Waals surface area contributed by atoms with Crippen molar-refractivity contribution in [2.24, 2.45) is 11.7 Å². The lowest BCUT2D eigenvalue weighted by Gasteiger charge is -2.16. The first-order valence-electron chi connectivity index (χ1n) is 7.89. The molecule has 8 heteroatoms. The van der Waals surface area contributed by atoms with Crippen LogP contribution < -0.4 is 5.73 Å². The van der Waals surface area contributed by atoms with Crippen molar-refractivity contribution in [1.82, 2.24) is 4.31 Å². The van der Waals surface area contributed by atoms with E-state index >= 15 is 0 Å². The Balaban J connectivity index is 1.86. The predicted molar refractivity (Wildman–Crippen MR) is 96.1 cm³/mol. The maximum atomic E-state index is 12.9. The molecule has 0 saturated carbocycles. The molecule has 2 aromatic rings. The number of thiophene rings is 1. The second-order valence-electron chi connectivity index (χ2n) is 5.98. The van der Waals surface area contributed by atoms with E-state index in [1.54, 1.807) is 0 Å². The van der Waals surface area contributed by atoms with E-state index in [0.29, 0.717) is 19.6 Å². The third-order valence-electron chi connectivity index (χ3n) is 4.53. The van der Waals surface area contributed by atoms with Gasteiger partial charge in [-0.2, -0.15) is 4.31 Å². The summed E-state index contributed by atoms with van der Waals surface area (Å²) in [6.45, 7) is 1.19. The molecule has 3 rings (SSSR count). The summed E-state index contributed by atoms with van der Waals surface area (Å²) in [5, 5.41) is 1.50. The van der Waals surface area contributed by atoms with Gasteiger partial charge in [-0.3, -0.25) is 0 Å². The number of rotatable bonds is 5. The summed E-state index contributed by atoms with van der Waals surface area (Å²) >= 11 is 1.03. The first kappa shape index (κ1) is 18.1. The van der Waals surface area contributed by atoms with Crippen LogP contribution >= 0.6 is 11.3 Å². The van der Waals surface area contributed by atoms with Gasteiger partial charge in [-0.15, -0.1) is 11.3 Å². The van der Waals surface area contributed by atoms with Crippen molar-refractivity contribution in [2.75, 3.05) is 26.7 Å². The van der Waals surface area contributed by atoms with Crippen LogP contribution in [0.15, 0.2) is 46.0 Å². The van der Waals surface area contributed by atoms with Crippen molar-refractivity contribution in [1.29, 1.82) is 0 Å². The number of nitrogens with two attached hydrogens (primary N) is 1. The molecule has 1 saturated heterocycles. The summed E-state index contributed by atoms with van der Waals surface area (Å²) in [5.41, 5.74) is 7.23. The van der Waals surface area contributed by atoms with Crippen LogP contribution in [0.25, 0.3) is 0 Å². The molecule has 0 spiro atoms. The number of nitrogens with zero attached hydrogens (tertiary/aromatic N) is 1. The van der Waals surface area contributed by atoms with Gasteiger partial charge in [0, 0.05) is 24.4 Å². The van der Waals surface area contributed by atoms with Gasteiger partial charge in [0.15, 0.2) is 0 Å². The number of carbonyl (C=O) groups is 1. The smallest absolute Gasteiger partial charge is 0.338 e. The Hall–Kier alpha value is -1.74. The highest BCUT2D eigenvalue weighted by Crippen LogP contribution is 2.36. The van der Waals surface area contributed by atoms with Gasteiger partial charge in [-0.25, -0.2) is 13.2 Å². The Labute approximate surface area is 151 Å². The predicted octanol–water partition coefficient (Wildman–Crippen LogP) is 1.90. The fourth-order valence-corrected chi connectivity index (χ4v) is 5.97. The number of sulfonamides is 1. The zero-order valence-corrected chi connectivity index (χ0v) is 15.4. The van der Waals surface area contributed by atoms with Crippen molar-refractivity contribution < 1.29 is 17.9 Å². The van der Waals surface area contributed by atoms with Crippen LogP contribution in [0.4, 0.5) is 0 Å². The normalized spacial score (nSPS) is 21.4. The zero-order chi connectivity index (χ0) is 18.0. The minimum atomic E-state index is -3.66. The Morgan fingerprint density at radius 1 is 1.32 bits per heavy atom. The highest BCUT2D eigenvalue weighted by atomic mass is 32.2. The summed E-state index contributed by atoms with van der Waals surface area (Å²) < 4.78 is 32.1. The molecule has 2 atom stereocenters. The summed E-state index contributed by atoms with van der Waals surface area (Å²) in [6.07, 6.45) is 0. The molecule has 2 N–H and O–H groups in total. The summed E-state index contributed by atoms with van der Waals surface area (Å²) in [4.78, 5) is 11.6. The molecule has 6 nitrogen and oxygen atoms in total. The molecule has 0 unspecified atom stereocenters. The van der Waals surface area contributed by atoms with E-state index in [1.807, 2.05) is 30.3 Å². The van der Waals surface area contributed by atoms with Gasteiger partial charge in [0.1, 0.15) is 4.21 Å². The summed E-state index contributed by atoms with van der Waals surface area (Å²) in [6, 6.07) is 11.2. The SMILES string of the molecule is COC(=O)c1csc(S(=O)(=O)N2C[C@@H](CN)[C@H](c3ccccc3)C2)c1. The van der Waals surface area contributed by atoms with Crippen molar-refractivity contribution in [3.8, 4) is 0 Å². The molecule has 1 aliphatic rings. The van der Waals surface area contributed by atoms with E-state index in [0.717, 1.165) is 16.9 Å². The van der Waals surface area contributed by atoms with Gasteiger partial charge in [-0.05, 0) is 24.1 Å². The van der Waals surface area contributed by atoms with Crippen LogP contribution in [0.3, 0.4) is 0 Å². The monoisotopic (exact) mass is 380 g/mol. The Morgan fingerprint density at radius 3 is 2.68 bits per heavy atom. The van der Waals surface area contributed by atoms with Gasteiger partial charge >= 0.3 is 5.97 Å². The number of benzene rings is 1. The molecule has 134 valence electrons. The third-order valence-corrected chi connectivity index (χ3v) is 7.78. The van der Waals surface area contributed by atoms with Crippen molar-refractivity contribution in [3.05, 3.63) is 52.9 Å². The highest BCUT2D eigenvalue weighted by Gasteiger charge is 2.40. The molecular formula is C17H20N2O4S2. The number of hydrogen-bond donors (Lipinski definition) is 1. The molecular weight excluding hydrogens is 360 g/mol. The van der Waals surface area contributed by atoms with Crippen molar-refractivity contribution in [2.45, 2.75) is 10.1 Å². The lowest BCUT2D eigenvalue weighted by atomic mass is 9.89. The van der Waals surface area contributed by atoms with Crippen LogP contribution in [0, 0.1) is 5.92 Å². The maximum Gasteiger partial charge on any atom is 0.338 e. The van der Waals surface area contributed by atoms with Crippen LogP contribution in [-0.4, -0.2) is 45.4 Å². The van der Waals surface area contributed by atoms with E-state index < -0.39 is 16.0 Å². The molecule has 25 heavy (non-hydrogen) atoms. The van der Waals surface area contributed by atoms with Crippen LogP contribution in [0.2, 0.25) is 0 Å². The van der Waals surface area contributed by atoms with Crippen LogP contribution in [-0.2, 0) is 14.8 Å². The van der Waals surface area contributed by atoms with Gasteiger partial charge in [0.2, 0.25) is 0 Å². The number of esters is 1. The molecule has 1 aromatic carbocycles. The number of ether oxygens (including phenoxy) is 1. The topological polar surface area (TPSA) is 89.7 Å². The van der Waals surface area contributed by atoms with Crippen molar-refractivity contribution >= 4 is 27.3 Å². The first-order chi connectivity index (χ1) is 12.0. The molecule has 1 aliphatic heterocycles. The summed E-state index contributed by atoms with van der Waals surface area (Å²) in [7, 11) is -2.39. The van der Waals surface area contributed by atoms with Gasteiger partial charge in [-0.1, -0.05) is 30.3 Å². The average Bonchev–Trinajstić information content (AvgIpc) is 3.29. The maximum absolute atomic E-state index is 12.9. The van der Waals surface area contributed by atoms with Gasteiger partial charge < -0.3 is 10.5 Å². The molecule has 0 amide bonds. The molecule has 0 bridgehead atoms. The second kappa shape index (κ2) is 7.25. The Morgan fingerprint density at radius 2 is 2.04 bits per heavy atom. The number of methoxy groups -OCH3 is 1. The fraction of sp³-hybridized carbons (Fsp3) is 0.353. The fourth-order valence-electron chi connectivity index (χ4n) is 3.15. The lowest BCUT2D eigenvalue weighted by molar-refractivity contribution is 0.0601. The highest BCUT2D eigenvalue weighted by molar-refractivity contribution is 7.91. The average molecular weight is 380 g/mol.